The third-order valence-corrected chi connectivity index (χ3v) is 3.93. The number of piperidine rings is 1. The molecule has 2 heterocycles. The first-order valence-corrected chi connectivity index (χ1v) is 6.23. The Kier molecular flexibility index (Phi) is 3.06. The average molecular weight is 211 g/mol. The molecule has 15 heavy (non-hydrogen) atoms. The van der Waals surface area contributed by atoms with Crippen LogP contribution in [0.25, 0.3) is 0 Å². The molecule has 0 aromatic carbocycles. The van der Waals surface area contributed by atoms with Crippen molar-refractivity contribution in [3.05, 3.63) is 0 Å². The van der Waals surface area contributed by atoms with Crippen LogP contribution in [0.5, 0.6) is 0 Å². The maximum absolute atomic E-state index is 3.72. The van der Waals surface area contributed by atoms with E-state index < -0.39 is 0 Å². The molecule has 0 aromatic rings. The molecular formula is C12H25N3. The molecule has 2 N–H and O–H groups in total. The van der Waals surface area contributed by atoms with Crippen LogP contribution in [0.2, 0.25) is 0 Å². The zero-order chi connectivity index (χ0) is 10.9. The van der Waals surface area contributed by atoms with Gasteiger partial charge in [-0.1, -0.05) is 0 Å². The van der Waals surface area contributed by atoms with Crippen LogP contribution in [0.1, 0.15) is 33.6 Å². The molecule has 0 radical (unpaired) electrons. The number of rotatable bonds is 0. The van der Waals surface area contributed by atoms with Gasteiger partial charge >= 0.3 is 0 Å². The van der Waals surface area contributed by atoms with Crippen LogP contribution in [0.15, 0.2) is 0 Å². The molecule has 1 spiro atoms. The lowest BCUT2D eigenvalue weighted by Gasteiger charge is -2.48. The van der Waals surface area contributed by atoms with E-state index in [0.29, 0.717) is 11.1 Å². The lowest BCUT2D eigenvalue weighted by Crippen LogP contribution is -2.64. The van der Waals surface area contributed by atoms with Gasteiger partial charge in [0.05, 0.1) is 0 Å². The van der Waals surface area contributed by atoms with Gasteiger partial charge < -0.3 is 10.6 Å². The summed E-state index contributed by atoms with van der Waals surface area (Å²) in [6.45, 7) is 12.8. The molecule has 0 amide bonds. The highest BCUT2D eigenvalue weighted by molar-refractivity contribution is 4.99. The Hall–Kier alpha value is -0.120. The summed E-state index contributed by atoms with van der Waals surface area (Å²) < 4.78 is 0. The third-order valence-electron chi connectivity index (χ3n) is 3.93. The fraction of sp³-hybridized carbons (Fsp3) is 1.00. The highest BCUT2D eigenvalue weighted by Crippen LogP contribution is 2.27. The van der Waals surface area contributed by atoms with Crippen molar-refractivity contribution >= 4 is 0 Å². The summed E-state index contributed by atoms with van der Waals surface area (Å²) in [4.78, 5) is 2.61. The molecule has 0 saturated carbocycles. The van der Waals surface area contributed by atoms with Crippen molar-refractivity contribution in [2.45, 2.75) is 44.7 Å². The Morgan fingerprint density at radius 3 is 2.20 bits per heavy atom. The van der Waals surface area contributed by atoms with Crippen LogP contribution in [0.3, 0.4) is 0 Å². The fourth-order valence-corrected chi connectivity index (χ4v) is 2.77. The normalized spacial score (nSPS) is 28.2. The van der Waals surface area contributed by atoms with E-state index in [-0.39, 0.29) is 0 Å². The second kappa shape index (κ2) is 4.04. The first-order valence-electron chi connectivity index (χ1n) is 6.23. The van der Waals surface area contributed by atoms with Crippen molar-refractivity contribution in [1.29, 1.82) is 0 Å². The average Bonchev–Trinajstić information content (AvgIpc) is 2.18. The number of piperazine rings is 1. The molecule has 0 bridgehead atoms. The summed E-state index contributed by atoms with van der Waals surface area (Å²) in [7, 11) is 0. The minimum atomic E-state index is 0.337. The van der Waals surface area contributed by atoms with Crippen molar-refractivity contribution < 1.29 is 0 Å². The van der Waals surface area contributed by atoms with E-state index in [1.54, 1.807) is 0 Å². The van der Waals surface area contributed by atoms with Crippen LogP contribution in [0.4, 0.5) is 0 Å². The van der Waals surface area contributed by atoms with Crippen molar-refractivity contribution in [3.63, 3.8) is 0 Å². The van der Waals surface area contributed by atoms with Gasteiger partial charge in [-0.2, -0.15) is 0 Å². The Bertz CT molecular complexity index is 203. The maximum atomic E-state index is 3.72. The summed E-state index contributed by atoms with van der Waals surface area (Å²) in [5, 5.41) is 7.24. The van der Waals surface area contributed by atoms with Crippen LogP contribution < -0.4 is 10.6 Å². The van der Waals surface area contributed by atoms with Gasteiger partial charge in [-0.15, -0.1) is 0 Å². The van der Waals surface area contributed by atoms with Crippen LogP contribution in [-0.4, -0.2) is 48.7 Å². The van der Waals surface area contributed by atoms with Crippen molar-refractivity contribution in [1.82, 2.24) is 15.5 Å². The first kappa shape index (κ1) is 11.4. The molecule has 88 valence electrons. The molecule has 2 rings (SSSR count). The lowest BCUT2D eigenvalue weighted by atomic mass is 9.84. The van der Waals surface area contributed by atoms with E-state index in [1.165, 1.54) is 25.9 Å². The monoisotopic (exact) mass is 211 g/mol. The van der Waals surface area contributed by atoms with E-state index in [2.05, 4.69) is 36.3 Å². The Morgan fingerprint density at radius 1 is 1.07 bits per heavy atom. The van der Waals surface area contributed by atoms with Gasteiger partial charge in [0.1, 0.15) is 0 Å². The molecule has 0 unspecified atom stereocenters. The molecule has 2 aliphatic rings. The number of hydrogen-bond donors (Lipinski definition) is 2. The molecule has 3 heteroatoms. The second-order valence-corrected chi connectivity index (χ2v) is 6.04. The Morgan fingerprint density at radius 2 is 1.73 bits per heavy atom. The molecule has 0 aliphatic carbocycles. The summed E-state index contributed by atoms with van der Waals surface area (Å²) in [5.74, 6) is 0. The minimum Gasteiger partial charge on any atom is -0.314 e. The molecule has 0 aromatic heterocycles. The minimum absolute atomic E-state index is 0.337. The van der Waals surface area contributed by atoms with Crippen LogP contribution in [-0.2, 0) is 0 Å². The Labute approximate surface area is 93.6 Å². The SMILES string of the molecule is CC(C)(C)N1CCC2(CC1)CNCCN2. The van der Waals surface area contributed by atoms with Gasteiger partial charge in [0, 0.05) is 43.8 Å². The Balaban J connectivity index is 1.91. The zero-order valence-electron chi connectivity index (χ0n) is 10.4. The molecule has 2 saturated heterocycles. The van der Waals surface area contributed by atoms with Crippen LogP contribution in [0, 0.1) is 0 Å². The van der Waals surface area contributed by atoms with E-state index in [4.69, 9.17) is 0 Å². The smallest absolute Gasteiger partial charge is 0.0331 e. The summed E-state index contributed by atoms with van der Waals surface area (Å²) in [6.07, 6.45) is 2.58. The zero-order valence-corrected chi connectivity index (χ0v) is 10.4. The van der Waals surface area contributed by atoms with E-state index >= 15 is 0 Å². The highest BCUT2D eigenvalue weighted by Gasteiger charge is 2.37. The predicted molar refractivity (Wildman–Crippen MR) is 64.2 cm³/mol. The quantitative estimate of drug-likeness (QED) is 0.621. The lowest BCUT2D eigenvalue weighted by molar-refractivity contribution is 0.0574. The predicted octanol–water partition coefficient (Wildman–Crippen LogP) is 0.812. The standard InChI is InChI=1S/C12H25N3/c1-11(2,3)15-8-4-12(5-9-15)10-13-6-7-14-12/h13-14H,4-10H2,1-3H3. The summed E-state index contributed by atoms with van der Waals surface area (Å²) in [5.41, 5.74) is 0.740. The molecule has 2 fully saturated rings. The van der Waals surface area contributed by atoms with E-state index in [9.17, 15) is 0 Å². The van der Waals surface area contributed by atoms with Gasteiger partial charge in [-0.25, -0.2) is 0 Å². The number of nitrogens with one attached hydrogen (secondary N) is 2. The van der Waals surface area contributed by atoms with Gasteiger partial charge in [-0.3, -0.25) is 4.90 Å². The fourth-order valence-electron chi connectivity index (χ4n) is 2.77. The number of hydrogen-bond acceptors (Lipinski definition) is 3. The van der Waals surface area contributed by atoms with E-state index in [1.807, 2.05) is 0 Å². The molecule has 3 nitrogen and oxygen atoms in total. The van der Waals surface area contributed by atoms with Gasteiger partial charge in [-0.05, 0) is 33.6 Å². The number of likely N-dealkylation sites (tertiary alicyclic amines) is 1. The first-order chi connectivity index (χ1) is 7.02. The van der Waals surface area contributed by atoms with Gasteiger partial charge in [0.15, 0.2) is 0 Å². The van der Waals surface area contributed by atoms with E-state index in [0.717, 1.165) is 19.6 Å². The topological polar surface area (TPSA) is 27.3 Å². The molecule has 2 aliphatic heterocycles. The van der Waals surface area contributed by atoms with Crippen LogP contribution >= 0.6 is 0 Å². The molecular weight excluding hydrogens is 186 g/mol. The highest BCUT2D eigenvalue weighted by atomic mass is 15.2. The van der Waals surface area contributed by atoms with Gasteiger partial charge in [0.2, 0.25) is 0 Å². The second-order valence-electron chi connectivity index (χ2n) is 6.04. The molecule has 0 atom stereocenters. The largest absolute Gasteiger partial charge is 0.314 e. The van der Waals surface area contributed by atoms with Crippen molar-refractivity contribution in [3.8, 4) is 0 Å². The number of nitrogens with zero attached hydrogens (tertiary/aromatic N) is 1. The van der Waals surface area contributed by atoms with Crippen molar-refractivity contribution in [2.24, 2.45) is 0 Å². The third kappa shape index (κ3) is 2.52. The summed E-state index contributed by atoms with van der Waals surface area (Å²) >= 11 is 0. The summed E-state index contributed by atoms with van der Waals surface area (Å²) in [6, 6.07) is 0. The van der Waals surface area contributed by atoms with Crippen molar-refractivity contribution in [2.75, 3.05) is 32.7 Å². The maximum Gasteiger partial charge on any atom is 0.0331 e. The van der Waals surface area contributed by atoms with Gasteiger partial charge in [0.25, 0.3) is 0 Å².